The topological polar surface area (TPSA) is 56.4 Å². The van der Waals surface area contributed by atoms with Gasteiger partial charge in [0.1, 0.15) is 0 Å². The molecule has 2 aromatic carbocycles. The summed E-state index contributed by atoms with van der Waals surface area (Å²) in [6.45, 7) is 9.58. The molecule has 0 bridgehead atoms. The van der Waals surface area contributed by atoms with Crippen LogP contribution in [0.1, 0.15) is 32.6 Å². The lowest BCUT2D eigenvalue weighted by atomic mass is 10.0. The normalized spacial score (nSPS) is 15.1. The number of aryl methyl sites for hydroxylation is 3. The average molecular weight is 389 g/mol. The van der Waals surface area contributed by atoms with E-state index in [1.807, 2.05) is 49.1 Å². The van der Waals surface area contributed by atoms with Crippen molar-refractivity contribution in [2.45, 2.75) is 27.3 Å². The van der Waals surface area contributed by atoms with Crippen LogP contribution in [0, 0.1) is 20.8 Å². The van der Waals surface area contributed by atoms with Crippen molar-refractivity contribution in [1.82, 2.24) is 14.8 Å². The SMILES string of the molecule is Cc1cccc(C(=O)N2CCN(Cc3cc4ccc(C)c(C)c4[nH]c3=O)CC2)c1. The lowest BCUT2D eigenvalue weighted by molar-refractivity contribution is 0.0628. The first-order valence-corrected chi connectivity index (χ1v) is 10.1. The fourth-order valence-corrected chi connectivity index (χ4v) is 4.00. The number of carbonyl (C=O) groups is 1. The van der Waals surface area contributed by atoms with Crippen LogP contribution in [-0.2, 0) is 6.54 Å². The molecule has 3 aromatic rings. The highest BCUT2D eigenvalue weighted by Gasteiger charge is 2.23. The molecule has 1 N–H and O–H groups in total. The summed E-state index contributed by atoms with van der Waals surface area (Å²) in [5.74, 6) is 0.0859. The molecule has 4 rings (SSSR count). The van der Waals surface area contributed by atoms with Gasteiger partial charge in [-0.15, -0.1) is 0 Å². The second-order valence-corrected chi connectivity index (χ2v) is 8.03. The Morgan fingerprint density at radius 1 is 1.00 bits per heavy atom. The van der Waals surface area contributed by atoms with Crippen molar-refractivity contribution < 1.29 is 4.79 Å². The second kappa shape index (κ2) is 7.84. The molecule has 0 atom stereocenters. The van der Waals surface area contributed by atoms with Crippen LogP contribution in [0.25, 0.3) is 10.9 Å². The van der Waals surface area contributed by atoms with Gasteiger partial charge < -0.3 is 9.88 Å². The molecule has 5 nitrogen and oxygen atoms in total. The van der Waals surface area contributed by atoms with Crippen LogP contribution in [0.5, 0.6) is 0 Å². The number of piperazine rings is 1. The number of hydrogen-bond donors (Lipinski definition) is 1. The predicted octanol–water partition coefficient (Wildman–Crippen LogP) is 3.41. The number of benzene rings is 2. The first kappa shape index (κ1) is 19.4. The van der Waals surface area contributed by atoms with Gasteiger partial charge >= 0.3 is 0 Å². The van der Waals surface area contributed by atoms with Crippen LogP contribution in [0.15, 0.2) is 47.3 Å². The van der Waals surface area contributed by atoms with Crippen LogP contribution >= 0.6 is 0 Å². The molecule has 1 fully saturated rings. The van der Waals surface area contributed by atoms with Crippen molar-refractivity contribution in [2.75, 3.05) is 26.2 Å². The van der Waals surface area contributed by atoms with Crippen molar-refractivity contribution in [1.29, 1.82) is 0 Å². The highest BCUT2D eigenvalue weighted by Crippen LogP contribution is 2.20. The molecule has 150 valence electrons. The first-order chi connectivity index (χ1) is 13.9. The number of pyridine rings is 1. The maximum atomic E-state index is 12.7. The number of fused-ring (bicyclic) bond motifs is 1. The molecule has 1 aliphatic heterocycles. The number of H-pyrrole nitrogens is 1. The van der Waals surface area contributed by atoms with Crippen molar-refractivity contribution in [2.24, 2.45) is 0 Å². The van der Waals surface area contributed by atoms with E-state index in [1.165, 1.54) is 5.56 Å². The van der Waals surface area contributed by atoms with E-state index in [-0.39, 0.29) is 11.5 Å². The van der Waals surface area contributed by atoms with Crippen molar-refractivity contribution in [3.05, 3.63) is 80.6 Å². The Bertz CT molecular complexity index is 1120. The number of amides is 1. The third kappa shape index (κ3) is 3.96. The van der Waals surface area contributed by atoms with Crippen LogP contribution in [0.4, 0.5) is 0 Å². The number of rotatable bonds is 3. The van der Waals surface area contributed by atoms with Gasteiger partial charge in [-0.05, 0) is 55.5 Å². The highest BCUT2D eigenvalue weighted by atomic mass is 16.2. The number of nitrogens with one attached hydrogen (secondary N) is 1. The van der Waals surface area contributed by atoms with E-state index < -0.39 is 0 Å². The van der Waals surface area contributed by atoms with E-state index in [9.17, 15) is 9.59 Å². The average Bonchev–Trinajstić information content (AvgIpc) is 2.72. The molecule has 1 saturated heterocycles. The molecule has 2 heterocycles. The van der Waals surface area contributed by atoms with Gasteiger partial charge in [0.15, 0.2) is 0 Å². The minimum Gasteiger partial charge on any atom is -0.336 e. The van der Waals surface area contributed by atoms with E-state index in [1.54, 1.807) is 0 Å². The van der Waals surface area contributed by atoms with Crippen LogP contribution in [0.3, 0.4) is 0 Å². The standard InChI is InChI=1S/C24H27N3O2/c1-16-5-4-6-20(13-16)24(29)27-11-9-26(10-12-27)15-21-14-19-8-7-17(2)18(3)22(19)25-23(21)28/h4-8,13-14H,9-12,15H2,1-3H3,(H,25,28). The zero-order valence-corrected chi connectivity index (χ0v) is 17.3. The Kier molecular flexibility index (Phi) is 5.24. The molecule has 0 saturated carbocycles. The number of aromatic amines is 1. The number of hydrogen-bond acceptors (Lipinski definition) is 3. The summed E-state index contributed by atoms with van der Waals surface area (Å²) < 4.78 is 0. The van der Waals surface area contributed by atoms with Crippen LogP contribution in [-0.4, -0.2) is 46.9 Å². The van der Waals surface area contributed by atoms with Gasteiger partial charge in [0.25, 0.3) is 11.5 Å². The summed E-state index contributed by atoms with van der Waals surface area (Å²) in [5.41, 5.74) is 5.81. The van der Waals surface area contributed by atoms with Crippen molar-refractivity contribution in [3.8, 4) is 0 Å². The van der Waals surface area contributed by atoms with Crippen LogP contribution in [0.2, 0.25) is 0 Å². The van der Waals surface area contributed by atoms with Gasteiger partial charge in [0, 0.05) is 43.9 Å². The quantitative estimate of drug-likeness (QED) is 0.747. The molecule has 0 radical (unpaired) electrons. The summed E-state index contributed by atoms with van der Waals surface area (Å²) in [5, 5.41) is 1.07. The predicted molar refractivity (Wildman–Crippen MR) is 116 cm³/mol. The van der Waals surface area contributed by atoms with Gasteiger partial charge in [0.2, 0.25) is 0 Å². The minimum atomic E-state index is -0.0236. The van der Waals surface area contributed by atoms with Crippen molar-refractivity contribution >= 4 is 16.8 Å². The summed E-state index contributed by atoms with van der Waals surface area (Å²) in [6.07, 6.45) is 0. The molecule has 29 heavy (non-hydrogen) atoms. The van der Waals surface area contributed by atoms with E-state index in [0.717, 1.165) is 46.2 Å². The second-order valence-electron chi connectivity index (χ2n) is 8.03. The summed E-state index contributed by atoms with van der Waals surface area (Å²) in [6, 6.07) is 13.9. The number of nitrogens with zero attached hydrogens (tertiary/aromatic N) is 2. The molecule has 0 unspecified atom stereocenters. The largest absolute Gasteiger partial charge is 0.336 e. The van der Waals surface area contributed by atoms with Gasteiger partial charge in [-0.1, -0.05) is 29.8 Å². The third-order valence-corrected chi connectivity index (χ3v) is 5.95. The Labute approximate surface area is 171 Å². The molecule has 5 heteroatoms. The molecular formula is C24H27N3O2. The Morgan fingerprint density at radius 2 is 1.76 bits per heavy atom. The van der Waals surface area contributed by atoms with Crippen LogP contribution < -0.4 is 5.56 Å². The fraction of sp³-hybridized carbons (Fsp3) is 0.333. The summed E-state index contributed by atoms with van der Waals surface area (Å²) in [4.78, 5) is 32.6. The van der Waals surface area contributed by atoms with Gasteiger partial charge in [-0.25, -0.2) is 0 Å². The Morgan fingerprint density at radius 3 is 2.48 bits per heavy atom. The van der Waals surface area contributed by atoms with E-state index >= 15 is 0 Å². The third-order valence-electron chi connectivity index (χ3n) is 5.95. The van der Waals surface area contributed by atoms with E-state index in [4.69, 9.17) is 0 Å². The van der Waals surface area contributed by atoms with Gasteiger partial charge in [-0.3, -0.25) is 14.5 Å². The molecule has 0 aliphatic carbocycles. The molecule has 1 aliphatic rings. The highest BCUT2D eigenvalue weighted by molar-refractivity contribution is 5.94. The first-order valence-electron chi connectivity index (χ1n) is 10.1. The lowest BCUT2D eigenvalue weighted by Crippen LogP contribution is -2.48. The maximum Gasteiger partial charge on any atom is 0.253 e. The minimum absolute atomic E-state index is 0.0236. The number of aromatic nitrogens is 1. The summed E-state index contributed by atoms with van der Waals surface area (Å²) >= 11 is 0. The van der Waals surface area contributed by atoms with Gasteiger partial charge in [0.05, 0.1) is 5.52 Å². The molecule has 1 amide bonds. The molecular weight excluding hydrogens is 362 g/mol. The van der Waals surface area contributed by atoms with E-state index in [0.29, 0.717) is 19.6 Å². The Hall–Kier alpha value is -2.92. The lowest BCUT2D eigenvalue weighted by Gasteiger charge is -2.34. The molecule has 1 aromatic heterocycles. The maximum absolute atomic E-state index is 12.7. The monoisotopic (exact) mass is 389 g/mol. The number of carbonyl (C=O) groups excluding carboxylic acids is 1. The zero-order valence-electron chi connectivity index (χ0n) is 17.3. The van der Waals surface area contributed by atoms with E-state index in [2.05, 4.69) is 28.9 Å². The fourth-order valence-electron chi connectivity index (χ4n) is 4.00. The van der Waals surface area contributed by atoms with Crippen molar-refractivity contribution in [3.63, 3.8) is 0 Å². The van der Waals surface area contributed by atoms with Gasteiger partial charge in [-0.2, -0.15) is 0 Å². The summed E-state index contributed by atoms with van der Waals surface area (Å²) in [7, 11) is 0. The zero-order chi connectivity index (χ0) is 20.5. The Balaban J connectivity index is 1.45. The smallest absolute Gasteiger partial charge is 0.253 e. The molecule has 0 spiro atoms.